The van der Waals surface area contributed by atoms with Crippen LogP contribution >= 0.6 is 0 Å². The molecule has 160 valence electrons. The molecule has 0 aromatic rings. The quantitative estimate of drug-likeness (QED) is 0.521. The fourth-order valence-electron chi connectivity index (χ4n) is 4.67. The van der Waals surface area contributed by atoms with Gasteiger partial charge in [0.25, 0.3) is 6.08 Å². The number of carbonyl (C=O) groups is 1. The average Bonchev–Trinajstić information content (AvgIpc) is 2.72. The van der Waals surface area contributed by atoms with E-state index >= 15 is 0 Å². The summed E-state index contributed by atoms with van der Waals surface area (Å²) >= 11 is 0. The van der Waals surface area contributed by atoms with E-state index in [9.17, 15) is 13.6 Å². The molecule has 3 aliphatic rings. The minimum atomic E-state index is -1.63. The smallest absolute Gasteiger partial charge is 0.266 e. The van der Waals surface area contributed by atoms with Crippen LogP contribution in [-0.2, 0) is 19.0 Å². The monoisotopic (exact) mass is 400 g/mol. The van der Waals surface area contributed by atoms with E-state index in [2.05, 4.69) is 0 Å². The molecule has 2 aliphatic carbocycles. The van der Waals surface area contributed by atoms with Gasteiger partial charge < -0.3 is 14.2 Å². The van der Waals surface area contributed by atoms with E-state index in [1.807, 2.05) is 0 Å². The van der Waals surface area contributed by atoms with Crippen molar-refractivity contribution in [3.8, 4) is 0 Å². The maximum Gasteiger partial charge on any atom is 0.266 e. The Kier molecular flexibility index (Phi) is 8.87. The van der Waals surface area contributed by atoms with E-state index in [1.54, 1.807) is 0 Å². The Hall–Kier alpha value is -0.850. The number of carbonyl (C=O) groups excluding carboxylic acids is 1. The molecule has 0 N–H and O–H groups in total. The molecule has 3 rings (SSSR count). The largest absolute Gasteiger partial charge is 0.378 e. The maximum atomic E-state index is 12.2. The Morgan fingerprint density at radius 2 is 1.68 bits per heavy atom. The SMILES string of the molecule is O=C1CCC(OCCCC2CCC(C3OCC(CC=C(F)F)CO3)CC2)CC1. The van der Waals surface area contributed by atoms with E-state index in [4.69, 9.17) is 14.2 Å². The summed E-state index contributed by atoms with van der Waals surface area (Å²) in [6.45, 7) is 1.83. The Balaban J connectivity index is 1.24. The van der Waals surface area contributed by atoms with Crippen LogP contribution in [0, 0.1) is 17.8 Å². The van der Waals surface area contributed by atoms with E-state index in [1.165, 1.54) is 19.3 Å². The lowest BCUT2D eigenvalue weighted by Gasteiger charge is -2.37. The van der Waals surface area contributed by atoms with Gasteiger partial charge in [-0.3, -0.25) is 4.79 Å². The number of Topliss-reactive ketones (excluding diaryl/α,β-unsaturated/α-hetero) is 1. The second-order valence-electron chi connectivity index (χ2n) is 8.66. The van der Waals surface area contributed by atoms with Gasteiger partial charge in [0.05, 0.1) is 19.3 Å². The minimum Gasteiger partial charge on any atom is -0.378 e. The van der Waals surface area contributed by atoms with Gasteiger partial charge in [0.1, 0.15) is 5.78 Å². The van der Waals surface area contributed by atoms with Crippen molar-refractivity contribution in [1.82, 2.24) is 0 Å². The van der Waals surface area contributed by atoms with Gasteiger partial charge in [-0.25, -0.2) is 0 Å². The van der Waals surface area contributed by atoms with Gasteiger partial charge in [0.15, 0.2) is 6.29 Å². The number of rotatable bonds is 8. The summed E-state index contributed by atoms with van der Waals surface area (Å²) in [7, 11) is 0. The second-order valence-corrected chi connectivity index (χ2v) is 8.66. The Morgan fingerprint density at radius 3 is 2.32 bits per heavy atom. The lowest BCUT2D eigenvalue weighted by Crippen LogP contribution is -2.38. The predicted octanol–water partition coefficient (Wildman–Crippen LogP) is 5.26. The standard InChI is InChI=1S/C22H34F2O4/c23-21(24)12-5-17-14-27-22(28-15-17)18-6-3-16(4-7-18)2-1-13-26-20-10-8-19(25)9-11-20/h12,16-18,20,22H,1-11,13-15H2. The Morgan fingerprint density at radius 1 is 1.00 bits per heavy atom. The maximum absolute atomic E-state index is 12.2. The molecule has 0 bridgehead atoms. The fraction of sp³-hybridized carbons (Fsp3) is 0.864. The van der Waals surface area contributed by atoms with Crippen LogP contribution in [0.5, 0.6) is 0 Å². The fourth-order valence-corrected chi connectivity index (χ4v) is 4.67. The zero-order valence-electron chi connectivity index (χ0n) is 16.8. The molecule has 0 aromatic carbocycles. The van der Waals surface area contributed by atoms with Gasteiger partial charge >= 0.3 is 0 Å². The van der Waals surface area contributed by atoms with Crippen molar-refractivity contribution in [3.05, 3.63) is 12.2 Å². The van der Waals surface area contributed by atoms with Gasteiger partial charge in [-0.1, -0.05) is 0 Å². The van der Waals surface area contributed by atoms with Crippen molar-refractivity contribution in [1.29, 1.82) is 0 Å². The first-order valence-electron chi connectivity index (χ1n) is 11.0. The first-order valence-corrected chi connectivity index (χ1v) is 11.0. The molecule has 2 saturated carbocycles. The lowest BCUT2D eigenvalue weighted by atomic mass is 9.79. The molecule has 0 aromatic heterocycles. The van der Waals surface area contributed by atoms with E-state index < -0.39 is 6.08 Å². The summed E-state index contributed by atoms with van der Waals surface area (Å²) in [5.41, 5.74) is 0. The number of ether oxygens (including phenoxy) is 3. The second kappa shape index (κ2) is 11.4. The molecule has 0 radical (unpaired) electrons. The van der Waals surface area contributed by atoms with Gasteiger partial charge in [0.2, 0.25) is 0 Å². The molecule has 1 heterocycles. The Bertz CT molecular complexity index is 495. The van der Waals surface area contributed by atoms with Crippen LogP contribution in [0.1, 0.15) is 70.6 Å². The minimum absolute atomic E-state index is 0.0383. The van der Waals surface area contributed by atoms with Gasteiger partial charge in [-0.2, -0.15) is 8.78 Å². The Labute approximate surface area is 167 Å². The van der Waals surface area contributed by atoms with Crippen molar-refractivity contribution >= 4 is 5.78 Å². The van der Waals surface area contributed by atoms with Gasteiger partial charge in [0, 0.05) is 31.3 Å². The van der Waals surface area contributed by atoms with Crippen molar-refractivity contribution in [2.24, 2.45) is 17.8 Å². The summed E-state index contributed by atoms with van der Waals surface area (Å²) < 4.78 is 41.9. The van der Waals surface area contributed by atoms with Crippen LogP contribution < -0.4 is 0 Å². The van der Waals surface area contributed by atoms with Crippen LogP contribution in [0.3, 0.4) is 0 Å². The normalized spacial score (nSPS) is 32.3. The van der Waals surface area contributed by atoms with Gasteiger partial charge in [-0.15, -0.1) is 0 Å². The van der Waals surface area contributed by atoms with Crippen LogP contribution in [0.25, 0.3) is 0 Å². The number of ketones is 1. The van der Waals surface area contributed by atoms with Crippen molar-refractivity contribution < 1.29 is 27.8 Å². The highest BCUT2D eigenvalue weighted by Gasteiger charge is 2.32. The van der Waals surface area contributed by atoms with Crippen molar-refractivity contribution in [2.75, 3.05) is 19.8 Å². The molecular weight excluding hydrogens is 366 g/mol. The zero-order chi connectivity index (χ0) is 19.8. The highest BCUT2D eigenvalue weighted by molar-refractivity contribution is 5.79. The summed E-state index contributed by atoms with van der Waals surface area (Å²) in [5.74, 6) is 1.60. The van der Waals surface area contributed by atoms with E-state index in [-0.39, 0.29) is 18.3 Å². The molecule has 4 nitrogen and oxygen atoms in total. The van der Waals surface area contributed by atoms with E-state index in [0.717, 1.165) is 50.7 Å². The zero-order valence-corrected chi connectivity index (χ0v) is 16.8. The third kappa shape index (κ3) is 7.20. The predicted molar refractivity (Wildman–Crippen MR) is 102 cm³/mol. The highest BCUT2D eigenvalue weighted by atomic mass is 19.3. The molecular formula is C22H34F2O4. The summed E-state index contributed by atoms with van der Waals surface area (Å²) in [4.78, 5) is 11.3. The van der Waals surface area contributed by atoms with Crippen LogP contribution in [0.2, 0.25) is 0 Å². The number of halogens is 2. The summed E-state index contributed by atoms with van der Waals surface area (Å²) in [6, 6.07) is 0. The number of hydrogen-bond acceptors (Lipinski definition) is 4. The first-order chi connectivity index (χ1) is 13.6. The van der Waals surface area contributed by atoms with Gasteiger partial charge in [-0.05, 0) is 69.8 Å². The van der Waals surface area contributed by atoms with Crippen LogP contribution in [0.4, 0.5) is 8.78 Å². The third-order valence-corrected chi connectivity index (χ3v) is 6.47. The van der Waals surface area contributed by atoms with Crippen LogP contribution in [-0.4, -0.2) is 38.0 Å². The lowest BCUT2D eigenvalue weighted by molar-refractivity contribution is -0.228. The van der Waals surface area contributed by atoms with Crippen LogP contribution in [0.15, 0.2) is 12.2 Å². The average molecular weight is 401 g/mol. The molecule has 6 heteroatoms. The summed E-state index contributed by atoms with van der Waals surface area (Å²) in [6.07, 6.45) is 9.87. The number of hydrogen-bond donors (Lipinski definition) is 0. The molecule has 0 atom stereocenters. The van der Waals surface area contributed by atoms with E-state index in [0.29, 0.717) is 44.2 Å². The molecule has 0 amide bonds. The van der Waals surface area contributed by atoms with Crippen molar-refractivity contribution in [2.45, 2.75) is 83.0 Å². The summed E-state index contributed by atoms with van der Waals surface area (Å²) in [5, 5.41) is 0. The molecule has 0 spiro atoms. The molecule has 28 heavy (non-hydrogen) atoms. The number of allylic oxidation sites excluding steroid dienone is 1. The molecule has 1 aliphatic heterocycles. The molecule has 0 unspecified atom stereocenters. The highest BCUT2D eigenvalue weighted by Crippen LogP contribution is 2.36. The third-order valence-electron chi connectivity index (χ3n) is 6.47. The molecule has 3 fully saturated rings. The first kappa shape index (κ1) is 21.8. The van der Waals surface area contributed by atoms with Crippen molar-refractivity contribution in [3.63, 3.8) is 0 Å². The molecule has 1 saturated heterocycles. The topological polar surface area (TPSA) is 44.8 Å².